The summed E-state index contributed by atoms with van der Waals surface area (Å²) in [5, 5.41) is 11.6. The fourth-order valence-corrected chi connectivity index (χ4v) is 8.49. The summed E-state index contributed by atoms with van der Waals surface area (Å²) in [6.07, 6.45) is 7.73. The van der Waals surface area contributed by atoms with Gasteiger partial charge in [0.2, 0.25) is 17.7 Å². The highest BCUT2D eigenvalue weighted by Gasteiger charge is 2.31. The van der Waals surface area contributed by atoms with Crippen molar-refractivity contribution in [2.75, 3.05) is 46.3 Å². The molecule has 2 fully saturated rings. The maximum atomic E-state index is 14.4. The van der Waals surface area contributed by atoms with E-state index in [0.29, 0.717) is 36.6 Å². The van der Waals surface area contributed by atoms with E-state index >= 15 is 0 Å². The van der Waals surface area contributed by atoms with Gasteiger partial charge in [0.25, 0.3) is 5.91 Å². The zero-order valence-corrected chi connectivity index (χ0v) is 33.8. The van der Waals surface area contributed by atoms with Gasteiger partial charge in [0.05, 0.1) is 12.0 Å². The monoisotopic (exact) mass is 783 g/mol. The number of para-hydroxylation sites is 1. The number of benzene rings is 4. The van der Waals surface area contributed by atoms with Crippen LogP contribution in [0.25, 0.3) is 21.7 Å². The van der Waals surface area contributed by atoms with Gasteiger partial charge < -0.3 is 35.6 Å². The molecule has 2 aliphatic heterocycles. The van der Waals surface area contributed by atoms with Gasteiger partial charge in [-0.2, -0.15) is 0 Å². The van der Waals surface area contributed by atoms with Crippen molar-refractivity contribution in [3.05, 3.63) is 119 Å². The van der Waals surface area contributed by atoms with Gasteiger partial charge >= 0.3 is 0 Å². The van der Waals surface area contributed by atoms with Gasteiger partial charge in [-0.15, -0.1) is 0 Å². The van der Waals surface area contributed by atoms with Crippen LogP contribution >= 0.6 is 0 Å². The maximum absolute atomic E-state index is 14.4. The summed E-state index contributed by atoms with van der Waals surface area (Å²) in [6.45, 7) is 7.91. The Bertz CT molecular complexity index is 2190. The molecule has 1 aromatic heterocycles. The van der Waals surface area contributed by atoms with Crippen molar-refractivity contribution >= 4 is 45.3 Å². The highest BCUT2D eigenvalue weighted by Crippen LogP contribution is 2.22. The summed E-state index contributed by atoms with van der Waals surface area (Å²) in [5.41, 5.74) is 4.10. The fourth-order valence-electron chi connectivity index (χ4n) is 8.49. The molecule has 0 spiro atoms. The summed E-state index contributed by atoms with van der Waals surface area (Å²) in [4.78, 5) is 65.8. The molecule has 304 valence electrons. The van der Waals surface area contributed by atoms with Crippen LogP contribution in [0.15, 0.2) is 97.2 Å². The smallest absolute Gasteiger partial charge is 0.254 e. The third-order valence-corrected chi connectivity index (χ3v) is 11.8. The molecule has 0 aliphatic carbocycles. The van der Waals surface area contributed by atoms with E-state index in [0.717, 1.165) is 58.9 Å². The highest BCUT2D eigenvalue weighted by atomic mass is 16.2. The van der Waals surface area contributed by atoms with Gasteiger partial charge in [0.15, 0.2) is 0 Å². The number of amides is 4. The molecular formula is C47H57N7O4. The van der Waals surface area contributed by atoms with E-state index in [2.05, 4.69) is 30.7 Å². The van der Waals surface area contributed by atoms with Gasteiger partial charge in [-0.25, -0.2) is 0 Å². The number of hydrogen-bond acceptors (Lipinski definition) is 6. The van der Waals surface area contributed by atoms with Crippen molar-refractivity contribution in [2.24, 2.45) is 0 Å². The standard InChI is InChI=1S/C47H57N7O4/c1-33-14-16-34(17-15-33)32-52(2)47(58)43(29-35-18-19-36-10-4-5-11-37(36)28-35)51-46(57)42(50-45(56)40-31-49-41-13-7-6-12-39(40)41)30-44(55)48-22-27-53-25-20-38(21-26-53)54-23-8-3-9-24-54/h4-7,10-19,28,31,38,42-43,49H,3,8-9,20-27,29-30,32H2,1-2H3,(H,48,55)(H,50,56)(H,51,57). The van der Waals surface area contributed by atoms with Crippen LogP contribution in [-0.2, 0) is 27.3 Å². The molecule has 0 bridgehead atoms. The van der Waals surface area contributed by atoms with Crippen LogP contribution in [0.1, 0.15) is 65.6 Å². The number of likely N-dealkylation sites (N-methyl/N-ethyl adjacent to an activating group) is 1. The quantitative estimate of drug-likeness (QED) is 0.110. The molecule has 0 saturated carbocycles. The Morgan fingerprint density at radius 1 is 0.793 bits per heavy atom. The SMILES string of the molecule is Cc1ccc(CN(C)C(=O)C(Cc2ccc3ccccc3c2)NC(=O)C(CC(=O)NCCN2CCC(N3CCCCC3)CC2)NC(=O)c2c[nH]c3ccccc23)cc1. The third-order valence-electron chi connectivity index (χ3n) is 11.8. The molecule has 11 heteroatoms. The number of aromatic nitrogens is 1. The van der Waals surface area contributed by atoms with Gasteiger partial charge in [0, 0.05) is 56.2 Å². The largest absolute Gasteiger partial charge is 0.360 e. The van der Waals surface area contributed by atoms with Crippen LogP contribution in [0.2, 0.25) is 0 Å². The zero-order valence-electron chi connectivity index (χ0n) is 33.8. The van der Waals surface area contributed by atoms with Crippen LogP contribution in [0, 0.1) is 6.92 Å². The van der Waals surface area contributed by atoms with Crippen molar-refractivity contribution in [1.82, 2.24) is 35.6 Å². The average molecular weight is 784 g/mol. The first-order valence-corrected chi connectivity index (χ1v) is 20.9. The first-order chi connectivity index (χ1) is 28.2. The number of hydrogen-bond donors (Lipinski definition) is 4. The number of H-pyrrole nitrogens is 1. The van der Waals surface area contributed by atoms with E-state index in [1.54, 1.807) is 18.1 Å². The number of aromatic amines is 1. The molecule has 4 amide bonds. The molecule has 3 heterocycles. The molecule has 2 atom stereocenters. The Hall–Kier alpha value is -5.52. The van der Waals surface area contributed by atoms with Gasteiger partial charge in [-0.3, -0.25) is 19.2 Å². The summed E-state index contributed by atoms with van der Waals surface area (Å²) < 4.78 is 0. The molecule has 0 radical (unpaired) electrons. The van der Waals surface area contributed by atoms with E-state index in [9.17, 15) is 19.2 Å². The highest BCUT2D eigenvalue weighted by molar-refractivity contribution is 6.08. The lowest BCUT2D eigenvalue weighted by Gasteiger charge is -2.40. The number of rotatable bonds is 15. The van der Waals surface area contributed by atoms with E-state index in [-0.39, 0.29) is 24.7 Å². The number of likely N-dealkylation sites (tertiary alicyclic amines) is 2. The van der Waals surface area contributed by atoms with Crippen molar-refractivity contribution in [2.45, 2.75) is 76.5 Å². The van der Waals surface area contributed by atoms with E-state index < -0.39 is 23.9 Å². The first kappa shape index (κ1) is 40.7. The molecule has 5 aromatic rings. The molecule has 7 rings (SSSR count). The summed E-state index contributed by atoms with van der Waals surface area (Å²) >= 11 is 0. The second kappa shape index (κ2) is 19.3. The minimum Gasteiger partial charge on any atom is -0.360 e. The lowest BCUT2D eigenvalue weighted by molar-refractivity contribution is -0.136. The molecule has 2 aliphatic rings. The van der Waals surface area contributed by atoms with Gasteiger partial charge in [0.1, 0.15) is 12.1 Å². The van der Waals surface area contributed by atoms with Crippen LogP contribution in [-0.4, -0.2) is 108 Å². The number of carbonyl (C=O) groups is 4. The average Bonchev–Trinajstić information content (AvgIpc) is 3.69. The van der Waals surface area contributed by atoms with E-state index in [1.165, 1.54) is 32.4 Å². The van der Waals surface area contributed by atoms with Crippen molar-refractivity contribution in [3.8, 4) is 0 Å². The molecule has 58 heavy (non-hydrogen) atoms. The summed E-state index contributed by atoms with van der Waals surface area (Å²) in [6, 6.07) is 27.9. The van der Waals surface area contributed by atoms with E-state index in [4.69, 9.17) is 0 Å². The van der Waals surface area contributed by atoms with Crippen LogP contribution in [0.5, 0.6) is 0 Å². The van der Waals surface area contributed by atoms with Crippen LogP contribution in [0.3, 0.4) is 0 Å². The normalized spacial score (nSPS) is 16.4. The molecular weight excluding hydrogens is 727 g/mol. The minimum absolute atomic E-state index is 0.220. The summed E-state index contributed by atoms with van der Waals surface area (Å²) in [5.74, 6) is -1.73. The number of piperidine rings is 2. The minimum atomic E-state index is -1.24. The molecule has 4 aromatic carbocycles. The number of nitrogens with one attached hydrogen (secondary N) is 4. The Morgan fingerprint density at radius 2 is 1.50 bits per heavy atom. The number of aryl methyl sites for hydroxylation is 1. The third kappa shape index (κ3) is 10.5. The van der Waals surface area contributed by atoms with Gasteiger partial charge in [-0.05, 0) is 86.8 Å². The Morgan fingerprint density at radius 3 is 2.28 bits per heavy atom. The van der Waals surface area contributed by atoms with Crippen LogP contribution in [0.4, 0.5) is 0 Å². The molecule has 2 saturated heterocycles. The topological polar surface area (TPSA) is 130 Å². The molecule has 4 N–H and O–H groups in total. The second-order valence-corrected chi connectivity index (χ2v) is 16.1. The van der Waals surface area contributed by atoms with Crippen molar-refractivity contribution in [1.29, 1.82) is 0 Å². The predicted molar refractivity (Wildman–Crippen MR) is 229 cm³/mol. The van der Waals surface area contributed by atoms with Gasteiger partial charge in [-0.1, -0.05) is 96.9 Å². The predicted octanol–water partition coefficient (Wildman–Crippen LogP) is 5.57. The van der Waals surface area contributed by atoms with Crippen LogP contribution < -0.4 is 16.0 Å². The number of carbonyl (C=O) groups excluding carboxylic acids is 4. The Balaban J connectivity index is 1.05. The fraction of sp³-hybridized carbons (Fsp3) is 0.404. The van der Waals surface area contributed by atoms with Crippen molar-refractivity contribution in [3.63, 3.8) is 0 Å². The first-order valence-electron chi connectivity index (χ1n) is 20.9. The number of fused-ring (bicyclic) bond motifs is 2. The summed E-state index contributed by atoms with van der Waals surface area (Å²) in [7, 11) is 1.72. The lowest BCUT2D eigenvalue weighted by atomic mass is 10.00. The Kier molecular flexibility index (Phi) is 13.5. The second-order valence-electron chi connectivity index (χ2n) is 16.1. The maximum Gasteiger partial charge on any atom is 0.254 e. The Labute approximate surface area is 341 Å². The van der Waals surface area contributed by atoms with Crippen molar-refractivity contribution < 1.29 is 19.2 Å². The number of nitrogens with zero attached hydrogens (tertiary/aromatic N) is 3. The lowest BCUT2D eigenvalue weighted by Crippen LogP contribution is -2.55. The molecule has 11 nitrogen and oxygen atoms in total. The molecule has 2 unspecified atom stereocenters. The zero-order chi connectivity index (χ0) is 40.4. The van der Waals surface area contributed by atoms with E-state index in [1.807, 2.05) is 97.9 Å².